The average Bonchev–Trinajstić information content (AvgIpc) is 2.20. The molecular formula is C13H16F. The van der Waals surface area contributed by atoms with E-state index in [2.05, 4.69) is 13.5 Å². The fraction of sp³-hybridized carbons (Fsp3) is 0.308. The number of hydrogen-bond acceptors (Lipinski definition) is 0. The molecule has 1 aromatic carbocycles. The van der Waals surface area contributed by atoms with Gasteiger partial charge in [-0.1, -0.05) is 31.6 Å². The third-order valence-corrected chi connectivity index (χ3v) is 2.31. The van der Waals surface area contributed by atoms with E-state index in [1.165, 1.54) is 0 Å². The molecule has 1 aromatic rings. The third-order valence-electron chi connectivity index (χ3n) is 2.31. The maximum Gasteiger partial charge on any atom is 0.126 e. The van der Waals surface area contributed by atoms with Crippen molar-refractivity contribution in [2.45, 2.75) is 25.7 Å². The largest absolute Gasteiger partial charge is 0.207 e. The van der Waals surface area contributed by atoms with Gasteiger partial charge in [0.2, 0.25) is 0 Å². The Morgan fingerprint density at radius 2 is 2.21 bits per heavy atom. The standard InChI is InChI=1S/C13H16F/c1-4-6-11-7-8-12(9-13(11)14)10(3)5-2/h5,7-10H,2-4,6H2,1H3. The van der Waals surface area contributed by atoms with Crippen molar-refractivity contribution >= 4 is 0 Å². The molecule has 0 saturated heterocycles. The second-order valence-electron chi connectivity index (χ2n) is 3.44. The number of benzene rings is 1. The quantitative estimate of drug-likeness (QED) is 0.633. The van der Waals surface area contributed by atoms with Crippen molar-refractivity contribution < 1.29 is 4.39 Å². The summed E-state index contributed by atoms with van der Waals surface area (Å²) >= 11 is 0. The summed E-state index contributed by atoms with van der Waals surface area (Å²) in [6.45, 7) is 9.54. The van der Waals surface area contributed by atoms with Gasteiger partial charge in [-0.25, -0.2) is 4.39 Å². The molecule has 0 spiro atoms. The van der Waals surface area contributed by atoms with Crippen molar-refractivity contribution in [3.63, 3.8) is 0 Å². The topological polar surface area (TPSA) is 0 Å². The second kappa shape index (κ2) is 4.94. The van der Waals surface area contributed by atoms with E-state index in [0.29, 0.717) is 0 Å². The van der Waals surface area contributed by atoms with Crippen molar-refractivity contribution in [1.82, 2.24) is 0 Å². The van der Waals surface area contributed by atoms with Gasteiger partial charge >= 0.3 is 0 Å². The molecule has 0 aliphatic rings. The van der Waals surface area contributed by atoms with Gasteiger partial charge in [0.15, 0.2) is 0 Å². The van der Waals surface area contributed by atoms with Crippen LogP contribution in [0.1, 0.15) is 30.4 Å². The number of hydrogen-bond donors (Lipinski definition) is 0. The van der Waals surface area contributed by atoms with Crippen LogP contribution >= 0.6 is 0 Å². The molecule has 1 atom stereocenters. The molecule has 1 radical (unpaired) electrons. The van der Waals surface area contributed by atoms with E-state index in [1.54, 1.807) is 12.1 Å². The average molecular weight is 191 g/mol. The van der Waals surface area contributed by atoms with Crippen LogP contribution in [0.2, 0.25) is 0 Å². The van der Waals surface area contributed by atoms with Crippen molar-refractivity contribution in [1.29, 1.82) is 0 Å². The Morgan fingerprint density at radius 3 is 2.71 bits per heavy atom. The van der Waals surface area contributed by atoms with Gasteiger partial charge in [0.25, 0.3) is 0 Å². The number of halogens is 1. The van der Waals surface area contributed by atoms with E-state index in [4.69, 9.17) is 0 Å². The number of rotatable bonds is 4. The predicted octanol–water partition coefficient (Wildman–Crippen LogP) is 3.88. The zero-order chi connectivity index (χ0) is 10.6. The fourth-order valence-corrected chi connectivity index (χ4v) is 1.40. The van der Waals surface area contributed by atoms with Gasteiger partial charge in [-0.15, -0.1) is 6.58 Å². The molecule has 0 aliphatic carbocycles. The molecule has 75 valence electrons. The van der Waals surface area contributed by atoms with Gasteiger partial charge in [0.05, 0.1) is 0 Å². The molecule has 0 heterocycles. The minimum atomic E-state index is -0.125. The van der Waals surface area contributed by atoms with Crippen molar-refractivity contribution in [3.8, 4) is 0 Å². The van der Waals surface area contributed by atoms with E-state index < -0.39 is 0 Å². The van der Waals surface area contributed by atoms with Crippen LogP contribution in [-0.4, -0.2) is 0 Å². The van der Waals surface area contributed by atoms with Gasteiger partial charge in [0, 0.05) is 5.92 Å². The summed E-state index contributed by atoms with van der Waals surface area (Å²) < 4.78 is 13.5. The molecule has 1 unspecified atom stereocenters. The number of aryl methyl sites for hydroxylation is 1. The number of allylic oxidation sites excluding steroid dienone is 1. The molecule has 1 rings (SSSR count). The van der Waals surface area contributed by atoms with E-state index in [1.807, 2.05) is 19.1 Å². The molecular weight excluding hydrogens is 175 g/mol. The predicted molar refractivity (Wildman–Crippen MR) is 58.7 cm³/mol. The molecule has 0 bridgehead atoms. The first-order valence-electron chi connectivity index (χ1n) is 4.93. The summed E-state index contributed by atoms with van der Waals surface area (Å²) in [6, 6.07) is 5.33. The lowest BCUT2D eigenvalue weighted by molar-refractivity contribution is 0.605. The zero-order valence-corrected chi connectivity index (χ0v) is 8.59. The molecule has 0 N–H and O–H groups in total. The molecule has 0 amide bonds. The highest BCUT2D eigenvalue weighted by molar-refractivity contribution is 5.29. The first kappa shape index (κ1) is 11.0. The SMILES string of the molecule is [CH2]C(C=C)c1ccc(CCC)c(F)c1. The lowest BCUT2D eigenvalue weighted by Gasteiger charge is -2.08. The Morgan fingerprint density at radius 1 is 1.50 bits per heavy atom. The van der Waals surface area contributed by atoms with Gasteiger partial charge in [-0.3, -0.25) is 0 Å². The Hall–Kier alpha value is -1.11. The van der Waals surface area contributed by atoms with Crippen LogP contribution in [0.5, 0.6) is 0 Å². The van der Waals surface area contributed by atoms with E-state index in [-0.39, 0.29) is 11.7 Å². The normalized spacial score (nSPS) is 12.5. The summed E-state index contributed by atoms with van der Waals surface area (Å²) in [5.74, 6) is -0.153. The summed E-state index contributed by atoms with van der Waals surface area (Å²) in [6.07, 6.45) is 3.47. The zero-order valence-electron chi connectivity index (χ0n) is 8.59. The first-order valence-corrected chi connectivity index (χ1v) is 4.93. The van der Waals surface area contributed by atoms with Crippen molar-refractivity contribution in [3.05, 3.63) is 54.7 Å². The maximum atomic E-state index is 13.5. The first-order chi connectivity index (χ1) is 6.69. The summed E-state index contributed by atoms with van der Waals surface area (Å²) in [4.78, 5) is 0. The molecule has 0 aromatic heterocycles. The lowest BCUT2D eigenvalue weighted by Crippen LogP contribution is -1.95. The van der Waals surface area contributed by atoms with Crippen LogP contribution in [0.15, 0.2) is 30.9 Å². The van der Waals surface area contributed by atoms with Gasteiger partial charge in [-0.05, 0) is 30.5 Å². The Balaban J connectivity index is 2.93. The van der Waals surface area contributed by atoms with Gasteiger partial charge < -0.3 is 0 Å². The molecule has 0 nitrogen and oxygen atoms in total. The van der Waals surface area contributed by atoms with Gasteiger partial charge in [-0.2, -0.15) is 0 Å². The Kier molecular flexibility index (Phi) is 3.87. The van der Waals surface area contributed by atoms with Crippen LogP contribution in [0.3, 0.4) is 0 Å². The monoisotopic (exact) mass is 191 g/mol. The van der Waals surface area contributed by atoms with Crippen LogP contribution < -0.4 is 0 Å². The Bertz CT molecular complexity index is 315. The maximum absolute atomic E-state index is 13.5. The van der Waals surface area contributed by atoms with E-state index >= 15 is 0 Å². The smallest absolute Gasteiger partial charge is 0.126 e. The third kappa shape index (κ3) is 2.44. The molecule has 0 saturated carbocycles. The fourth-order valence-electron chi connectivity index (χ4n) is 1.40. The molecule has 1 heteroatoms. The van der Waals surface area contributed by atoms with E-state index in [0.717, 1.165) is 24.0 Å². The van der Waals surface area contributed by atoms with Gasteiger partial charge in [0.1, 0.15) is 5.82 Å². The lowest BCUT2D eigenvalue weighted by atomic mass is 9.98. The Labute approximate surface area is 85.5 Å². The highest BCUT2D eigenvalue weighted by Crippen LogP contribution is 2.19. The van der Waals surface area contributed by atoms with E-state index in [9.17, 15) is 4.39 Å². The molecule has 0 aliphatic heterocycles. The molecule has 0 fully saturated rings. The van der Waals surface area contributed by atoms with Crippen LogP contribution in [0.25, 0.3) is 0 Å². The highest BCUT2D eigenvalue weighted by atomic mass is 19.1. The van der Waals surface area contributed by atoms with Crippen LogP contribution in [0, 0.1) is 12.7 Å². The van der Waals surface area contributed by atoms with Crippen LogP contribution in [-0.2, 0) is 6.42 Å². The summed E-state index contributed by atoms with van der Waals surface area (Å²) in [5, 5.41) is 0. The molecule has 14 heavy (non-hydrogen) atoms. The second-order valence-corrected chi connectivity index (χ2v) is 3.44. The minimum Gasteiger partial charge on any atom is -0.207 e. The minimum absolute atomic E-state index is 0.0276. The summed E-state index contributed by atoms with van der Waals surface area (Å²) in [7, 11) is 0. The summed E-state index contributed by atoms with van der Waals surface area (Å²) in [5.41, 5.74) is 1.67. The van der Waals surface area contributed by atoms with Crippen molar-refractivity contribution in [2.24, 2.45) is 0 Å². The van der Waals surface area contributed by atoms with Crippen molar-refractivity contribution in [2.75, 3.05) is 0 Å². The van der Waals surface area contributed by atoms with Crippen LogP contribution in [0.4, 0.5) is 4.39 Å². The highest BCUT2D eigenvalue weighted by Gasteiger charge is 2.05.